The molecule has 2 aromatic rings. The Hall–Kier alpha value is -2.98. The van der Waals surface area contributed by atoms with E-state index in [2.05, 4.69) is 20.9 Å². The summed E-state index contributed by atoms with van der Waals surface area (Å²) < 4.78 is 20.2. The lowest BCUT2D eigenvalue weighted by molar-refractivity contribution is -0.135. The number of anilines is 1. The molecule has 2 N–H and O–H groups in total. The summed E-state index contributed by atoms with van der Waals surface area (Å²) in [6.45, 7) is 2.51. The van der Waals surface area contributed by atoms with Gasteiger partial charge in [0.05, 0.1) is 13.1 Å². The number of benzene rings is 1. The van der Waals surface area contributed by atoms with E-state index in [9.17, 15) is 14.0 Å². The minimum absolute atomic E-state index is 0.0659. The SMILES string of the molecule is CC(C(=O)NN1CCN(c2ccc(Cl)nn2)C(F)C1)(c1ccccc1)C1CNC(=O)O1. The van der Waals surface area contributed by atoms with E-state index < -0.39 is 23.9 Å². The first-order valence-corrected chi connectivity index (χ1v) is 10.2. The Morgan fingerprint density at radius 1 is 1.26 bits per heavy atom. The number of carbonyl (C=O) groups excluding carboxylic acids is 2. The molecule has 0 radical (unpaired) electrons. The molecule has 0 bridgehead atoms. The van der Waals surface area contributed by atoms with E-state index in [1.54, 1.807) is 31.2 Å². The molecule has 1 aromatic heterocycles. The van der Waals surface area contributed by atoms with Crippen LogP contribution in [0.25, 0.3) is 0 Å². The Labute approximate surface area is 183 Å². The first kappa shape index (κ1) is 21.3. The van der Waals surface area contributed by atoms with Crippen LogP contribution < -0.4 is 15.6 Å². The Kier molecular flexibility index (Phi) is 5.92. The van der Waals surface area contributed by atoms with Crippen molar-refractivity contribution in [1.82, 2.24) is 25.9 Å². The normalized spacial score (nSPS) is 23.6. The van der Waals surface area contributed by atoms with Gasteiger partial charge in [0.15, 0.2) is 17.3 Å². The van der Waals surface area contributed by atoms with Gasteiger partial charge in [-0.15, -0.1) is 10.2 Å². The minimum Gasteiger partial charge on any atom is -0.443 e. The maximum absolute atomic E-state index is 14.9. The Balaban J connectivity index is 1.48. The first-order chi connectivity index (χ1) is 14.9. The van der Waals surface area contributed by atoms with Crippen LogP contribution in [0.4, 0.5) is 15.0 Å². The third kappa shape index (κ3) is 4.26. The maximum Gasteiger partial charge on any atom is 0.407 e. The minimum atomic E-state index is -1.40. The number of amides is 2. The first-order valence-electron chi connectivity index (χ1n) is 9.84. The third-order valence-electron chi connectivity index (χ3n) is 5.66. The molecule has 164 valence electrons. The summed E-state index contributed by atoms with van der Waals surface area (Å²) in [5, 5.41) is 12.0. The van der Waals surface area contributed by atoms with Gasteiger partial charge in [0.1, 0.15) is 11.5 Å². The molecule has 1 aromatic carbocycles. The molecule has 4 rings (SSSR count). The summed E-state index contributed by atoms with van der Waals surface area (Å²) in [4.78, 5) is 26.5. The van der Waals surface area contributed by atoms with Crippen molar-refractivity contribution in [3.05, 3.63) is 53.2 Å². The molecular weight excluding hydrogens is 427 g/mol. The standard InChI is InChI=1S/C20H22ClFN6O3/c1-20(13-5-3-2-4-6-13,14-11-23-19(30)31-14)18(29)26-27-9-10-28(16(22)12-27)17-8-7-15(21)24-25-17/h2-8,14,16H,9-12H2,1H3,(H,23,30)(H,26,29). The molecule has 9 nitrogen and oxygen atoms in total. The number of carbonyl (C=O) groups is 2. The van der Waals surface area contributed by atoms with Gasteiger partial charge in [-0.2, -0.15) is 0 Å². The maximum atomic E-state index is 14.9. The van der Waals surface area contributed by atoms with Gasteiger partial charge in [0, 0.05) is 13.1 Å². The number of aromatic nitrogens is 2. The quantitative estimate of drug-likeness (QED) is 0.671. The van der Waals surface area contributed by atoms with Gasteiger partial charge < -0.3 is 15.0 Å². The van der Waals surface area contributed by atoms with E-state index in [4.69, 9.17) is 16.3 Å². The van der Waals surface area contributed by atoms with E-state index in [0.717, 1.165) is 0 Å². The molecule has 0 spiro atoms. The van der Waals surface area contributed by atoms with Crippen molar-refractivity contribution in [1.29, 1.82) is 0 Å². The fraction of sp³-hybridized carbons (Fsp3) is 0.400. The number of hydrogen-bond acceptors (Lipinski definition) is 7. The number of nitrogens with zero attached hydrogens (tertiary/aromatic N) is 4. The van der Waals surface area contributed by atoms with Crippen molar-refractivity contribution < 1.29 is 18.7 Å². The van der Waals surface area contributed by atoms with Gasteiger partial charge in [0.25, 0.3) is 0 Å². The van der Waals surface area contributed by atoms with Crippen LogP contribution in [0.5, 0.6) is 0 Å². The molecule has 0 saturated carbocycles. The average Bonchev–Trinajstić information content (AvgIpc) is 3.21. The molecule has 2 fully saturated rings. The largest absolute Gasteiger partial charge is 0.443 e. The molecule has 31 heavy (non-hydrogen) atoms. The molecular formula is C20H22ClFN6O3. The molecule has 3 atom stereocenters. The zero-order valence-corrected chi connectivity index (χ0v) is 17.6. The summed E-state index contributed by atoms with van der Waals surface area (Å²) in [7, 11) is 0. The molecule has 2 aliphatic rings. The van der Waals surface area contributed by atoms with Crippen LogP contribution in [0.1, 0.15) is 12.5 Å². The number of alkyl carbamates (subject to hydrolysis) is 1. The molecule has 2 saturated heterocycles. The average molecular weight is 449 g/mol. The monoisotopic (exact) mass is 448 g/mol. The summed E-state index contributed by atoms with van der Waals surface area (Å²) >= 11 is 5.75. The zero-order chi connectivity index (χ0) is 22.0. The summed E-state index contributed by atoms with van der Waals surface area (Å²) in [5.41, 5.74) is 2.35. The van der Waals surface area contributed by atoms with Crippen molar-refractivity contribution in [2.24, 2.45) is 0 Å². The highest BCUT2D eigenvalue weighted by Gasteiger charge is 2.48. The van der Waals surface area contributed by atoms with Gasteiger partial charge in [-0.05, 0) is 24.6 Å². The number of cyclic esters (lactones) is 1. The lowest BCUT2D eigenvalue weighted by Gasteiger charge is -2.40. The smallest absolute Gasteiger partial charge is 0.407 e. The van der Waals surface area contributed by atoms with E-state index in [-0.39, 0.29) is 24.1 Å². The highest BCUT2D eigenvalue weighted by Crippen LogP contribution is 2.32. The number of hydrogen-bond donors (Lipinski definition) is 2. The lowest BCUT2D eigenvalue weighted by Crippen LogP contribution is -2.61. The topological polar surface area (TPSA) is 99.7 Å². The molecule has 2 amide bonds. The van der Waals surface area contributed by atoms with Crippen molar-refractivity contribution in [2.75, 3.05) is 31.1 Å². The number of alkyl halides is 1. The van der Waals surface area contributed by atoms with Crippen LogP contribution >= 0.6 is 11.6 Å². The Morgan fingerprint density at radius 2 is 2.03 bits per heavy atom. The molecule has 3 heterocycles. The predicted octanol–water partition coefficient (Wildman–Crippen LogP) is 1.65. The third-order valence-corrected chi connectivity index (χ3v) is 5.86. The summed E-state index contributed by atoms with van der Waals surface area (Å²) in [5.74, 6) is -0.00641. The molecule has 2 aliphatic heterocycles. The number of halogens is 2. The van der Waals surface area contributed by atoms with Gasteiger partial charge >= 0.3 is 6.09 Å². The van der Waals surface area contributed by atoms with Crippen molar-refractivity contribution in [2.45, 2.75) is 24.7 Å². The summed E-state index contributed by atoms with van der Waals surface area (Å²) in [6, 6.07) is 12.2. The fourth-order valence-corrected chi connectivity index (χ4v) is 3.88. The van der Waals surface area contributed by atoms with Gasteiger partial charge in [-0.25, -0.2) is 14.2 Å². The van der Waals surface area contributed by atoms with Gasteiger partial charge in [-0.1, -0.05) is 41.9 Å². The fourth-order valence-electron chi connectivity index (χ4n) is 3.78. The van der Waals surface area contributed by atoms with Gasteiger partial charge in [-0.3, -0.25) is 10.2 Å². The Bertz CT molecular complexity index is 950. The number of hydrazine groups is 1. The van der Waals surface area contributed by atoms with Crippen LogP contribution in [0.2, 0.25) is 5.15 Å². The number of ether oxygens (including phenoxy) is 1. The van der Waals surface area contributed by atoms with E-state index in [0.29, 0.717) is 24.5 Å². The van der Waals surface area contributed by atoms with Crippen molar-refractivity contribution >= 4 is 29.4 Å². The van der Waals surface area contributed by atoms with E-state index >= 15 is 0 Å². The number of nitrogens with one attached hydrogen (secondary N) is 2. The number of piperazine rings is 1. The van der Waals surface area contributed by atoms with Crippen LogP contribution in [0, 0.1) is 0 Å². The van der Waals surface area contributed by atoms with Gasteiger partial charge in [0.2, 0.25) is 5.91 Å². The molecule has 11 heteroatoms. The van der Waals surface area contributed by atoms with Crippen LogP contribution in [0.3, 0.4) is 0 Å². The zero-order valence-electron chi connectivity index (χ0n) is 16.8. The molecule has 0 aliphatic carbocycles. The lowest BCUT2D eigenvalue weighted by atomic mass is 9.76. The highest BCUT2D eigenvalue weighted by molar-refractivity contribution is 6.29. The van der Waals surface area contributed by atoms with Crippen LogP contribution in [-0.4, -0.2) is 65.8 Å². The predicted molar refractivity (Wildman–Crippen MR) is 111 cm³/mol. The second-order valence-electron chi connectivity index (χ2n) is 7.57. The van der Waals surface area contributed by atoms with E-state index in [1.807, 2.05) is 18.2 Å². The van der Waals surface area contributed by atoms with Crippen LogP contribution in [-0.2, 0) is 14.9 Å². The van der Waals surface area contributed by atoms with Crippen molar-refractivity contribution in [3.63, 3.8) is 0 Å². The highest BCUT2D eigenvalue weighted by atomic mass is 35.5. The Morgan fingerprint density at radius 3 is 2.65 bits per heavy atom. The second-order valence-corrected chi connectivity index (χ2v) is 7.96. The molecule has 3 unspecified atom stereocenters. The summed E-state index contributed by atoms with van der Waals surface area (Å²) in [6.07, 6.45) is -2.67. The second kappa shape index (κ2) is 8.64. The van der Waals surface area contributed by atoms with E-state index in [1.165, 1.54) is 9.91 Å². The van der Waals surface area contributed by atoms with Crippen LogP contribution in [0.15, 0.2) is 42.5 Å². The number of rotatable bonds is 5. The van der Waals surface area contributed by atoms with Crippen molar-refractivity contribution in [3.8, 4) is 0 Å².